The number of nitrogens with one attached hydrogen (secondary N) is 1. The Morgan fingerprint density at radius 1 is 1.12 bits per heavy atom. The van der Waals surface area contributed by atoms with Gasteiger partial charge in [0, 0.05) is 11.8 Å². The third-order valence-electron chi connectivity index (χ3n) is 4.05. The lowest BCUT2D eigenvalue weighted by molar-refractivity contribution is -0.896. The van der Waals surface area contributed by atoms with Gasteiger partial charge in [-0.2, -0.15) is 0 Å². The van der Waals surface area contributed by atoms with Gasteiger partial charge in [-0.3, -0.25) is 0 Å². The van der Waals surface area contributed by atoms with Crippen molar-refractivity contribution in [2.45, 2.75) is 19.4 Å². The van der Waals surface area contributed by atoms with Crippen LogP contribution in [-0.4, -0.2) is 25.2 Å². The molecule has 0 aliphatic carbocycles. The Labute approximate surface area is 97.9 Å². The number of hydrogen-bond acceptors (Lipinski definition) is 1. The fourth-order valence-electron chi connectivity index (χ4n) is 3.20. The first kappa shape index (κ1) is 11.6. The summed E-state index contributed by atoms with van der Waals surface area (Å²) in [6.45, 7) is 6.39. The maximum absolute atomic E-state index is 11.0. The number of likely N-dealkylation sites (tertiary alicyclic amines) is 1. The highest BCUT2D eigenvalue weighted by Crippen LogP contribution is 2.37. The zero-order chi connectivity index (χ0) is 11.8. The van der Waals surface area contributed by atoms with Gasteiger partial charge in [-0.1, -0.05) is 44.2 Å². The molecule has 2 nitrogen and oxygen atoms in total. The van der Waals surface area contributed by atoms with Crippen LogP contribution in [-0.2, 0) is 5.60 Å². The maximum atomic E-state index is 11.0. The van der Waals surface area contributed by atoms with E-state index in [1.54, 1.807) is 0 Å². The van der Waals surface area contributed by atoms with Crippen molar-refractivity contribution in [1.29, 1.82) is 0 Å². The van der Waals surface area contributed by atoms with Gasteiger partial charge in [0.1, 0.15) is 5.60 Å². The molecular weight excluding hydrogens is 198 g/mol. The van der Waals surface area contributed by atoms with Gasteiger partial charge in [0.25, 0.3) is 0 Å². The van der Waals surface area contributed by atoms with Crippen LogP contribution in [0.3, 0.4) is 0 Å². The molecular formula is C14H22NO+. The normalized spacial score (nSPS) is 39.6. The van der Waals surface area contributed by atoms with Crippen molar-refractivity contribution >= 4 is 0 Å². The van der Waals surface area contributed by atoms with Crippen LogP contribution in [0.15, 0.2) is 30.3 Å². The minimum Gasteiger partial charge on any atom is -0.384 e. The second-order valence-corrected chi connectivity index (χ2v) is 5.36. The van der Waals surface area contributed by atoms with E-state index in [9.17, 15) is 5.11 Å². The van der Waals surface area contributed by atoms with E-state index in [0.717, 1.165) is 18.7 Å². The first-order valence-corrected chi connectivity index (χ1v) is 6.14. The van der Waals surface area contributed by atoms with Crippen molar-refractivity contribution in [3.05, 3.63) is 35.9 Å². The van der Waals surface area contributed by atoms with Crippen molar-refractivity contribution in [2.24, 2.45) is 11.8 Å². The van der Waals surface area contributed by atoms with E-state index in [-0.39, 0.29) is 0 Å². The molecule has 1 aliphatic rings. The Balaban J connectivity index is 2.36. The van der Waals surface area contributed by atoms with Crippen LogP contribution in [0.1, 0.15) is 19.4 Å². The molecule has 0 amide bonds. The molecule has 1 aliphatic heterocycles. The molecule has 2 heteroatoms. The van der Waals surface area contributed by atoms with Crippen LogP contribution >= 0.6 is 0 Å². The van der Waals surface area contributed by atoms with E-state index >= 15 is 0 Å². The molecule has 1 aromatic rings. The molecule has 1 heterocycles. The molecule has 0 radical (unpaired) electrons. The number of aliphatic hydroxyl groups is 1. The highest BCUT2D eigenvalue weighted by molar-refractivity contribution is 5.24. The topological polar surface area (TPSA) is 24.7 Å². The lowest BCUT2D eigenvalue weighted by atomic mass is 9.71. The highest BCUT2D eigenvalue weighted by Gasteiger charge is 2.46. The van der Waals surface area contributed by atoms with Crippen molar-refractivity contribution in [1.82, 2.24) is 0 Å². The van der Waals surface area contributed by atoms with Gasteiger partial charge >= 0.3 is 0 Å². The fraction of sp³-hybridized carbons (Fsp3) is 0.571. The fourth-order valence-corrected chi connectivity index (χ4v) is 3.20. The first-order chi connectivity index (χ1) is 7.55. The summed E-state index contributed by atoms with van der Waals surface area (Å²) in [5.41, 5.74) is 0.420. The number of quaternary nitrogens is 1. The number of piperidine rings is 1. The molecule has 2 unspecified atom stereocenters. The molecule has 1 fully saturated rings. The zero-order valence-electron chi connectivity index (χ0n) is 10.4. The van der Waals surface area contributed by atoms with E-state index in [2.05, 4.69) is 20.9 Å². The number of hydrogen-bond donors (Lipinski definition) is 2. The van der Waals surface area contributed by atoms with Crippen molar-refractivity contribution in [3.63, 3.8) is 0 Å². The SMILES string of the molecule is C[C@@H]1C[NH+](C)C[C@H](C)C1(O)c1ccccc1. The standard InChI is InChI=1S/C14H21NO/c1-11-9-15(3)10-12(2)14(11,16)13-7-5-4-6-8-13/h4-8,11-12,16H,9-10H2,1-3H3/p+1/t11-,12+,14?. The van der Waals surface area contributed by atoms with Gasteiger partial charge in [0.2, 0.25) is 0 Å². The molecule has 0 spiro atoms. The quantitative estimate of drug-likeness (QED) is 0.714. The second kappa shape index (κ2) is 4.19. The molecule has 2 rings (SSSR count). The largest absolute Gasteiger partial charge is 0.384 e. The van der Waals surface area contributed by atoms with E-state index in [1.165, 1.54) is 4.90 Å². The van der Waals surface area contributed by atoms with Crippen LogP contribution in [0, 0.1) is 11.8 Å². The summed E-state index contributed by atoms with van der Waals surface area (Å²) in [6, 6.07) is 10.1. The van der Waals surface area contributed by atoms with E-state index in [0.29, 0.717) is 11.8 Å². The summed E-state index contributed by atoms with van der Waals surface area (Å²) >= 11 is 0. The summed E-state index contributed by atoms with van der Waals surface area (Å²) in [4.78, 5) is 1.51. The Kier molecular flexibility index (Phi) is 3.04. The smallest absolute Gasteiger partial charge is 0.105 e. The van der Waals surface area contributed by atoms with Gasteiger partial charge in [-0.15, -0.1) is 0 Å². The third-order valence-corrected chi connectivity index (χ3v) is 4.05. The average molecular weight is 220 g/mol. The van der Waals surface area contributed by atoms with Crippen LogP contribution in [0.2, 0.25) is 0 Å². The highest BCUT2D eigenvalue weighted by atomic mass is 16.3. The lowest BCUT2D eigenvalue weighted by Gasteiger charge is -2.44. The Hall–Kier alpha value is -0.860. The summed E-state index contributed by atoms with van der Waals surface area (Å²) in [5.74, 6) is 0.609. The van der Waals surface area contributed by atoms with Crippen molar-refractivity contribution < 1.29 is 10.0 Å². The second-order valence-electron chi connectivity index (χ2n) is 5.36. The summed E-state index contributed by atoms with van der Waals surface area (Å²) in [6.07, 6.45) is 0. The minimum atomic E-state index is -0.652. The number of rotatable bonds is 1. The average Bonchev–Trinajstić information content (AvgIpc) is 2.27. The predicted molar refractivity (Wildman–Crippen MR) is 65.3 cm³/mol. The van der Waals surface area contributed by atoms with Gasteiger partial charge in [-0.25, -0.2) is 0 Å². The van der Waals surface area contributed by atoms with Crippen LogP contribution in [0.25, 0.3) is 0 Å². The molecule has 16 heavy (non-hydrogen) atoms. The minimum absolute atomic E-state index is 0.304. The molecule has 88 valence electrons. The van der Waals surface area contributed by atoms with Crippen LogP contribution in [0.5, 0.6) is 0 Å². The maximum Gasteiger partial charge on any atom is 0.105 e. The van der Waals surface area contributed by atoms with Gasteiger partial charge < -0.3 is 10.0 Å². The molecule has 2 N–H and O–H groups in total. The lowest BCUT2D eigenvalue weighted by Crippen LogP contribution is -3.12. The Morgan fingerprint density at radius 2 is 1.62 bits per heavy atom. The summed E-state index contributed by atoms with van der Waals surface area (Å²) in [7, 11) is 2.21. The first-order valence-electron chi connectivity index (χ1n) is 6.14. The summed E-state index contributed by atoms with van der Waals surface area (Å²) in [5, 5.41) is 11.0. The predicted octanol–water partition coefficient (Wildman–Crippen LogP) is 0.675. The van der Waals surface area contributed by atoms with Crippen molar-refractivity contribution in [3.8, 4) is 0 Å². The summed E-state index contributed by atoms with van der Waals surface area (Å²) < 4.78 is 0. The van der Waals surface area contributed by atoms with Gasteiger partial charge in [0.05, 0.1) is 20.1 Å². The van der Waals surface area contributed by atoms with E-state index in [1.807, 2.05) is 30.3 Å². The Bertz CT molecular complexity index is 337. The van der Waals surface area contributed by atoms with Gasteiger partial charge in [-0.05, 0) is 5.56 Å². The van der Waals surface area contributed by atoms with Gasteiger partial charge in [0.15, 0.2) is 0 Å². The molecule has 4 atom stereocenters. The van der Waals surface area contributed by atoms with Crippen LogP contribution < -0.4 is 4.90 Å². The van der Waals surface area contributed by atoms with E-state index < -0.39 is 5.60 Å². The van der Waals surface area contributed by atoms with Crippen LogP contribution in [0.4, 0.5) is 0 Å². The Morgan fingerprint density at radius 3 is 2.12 bits per heavy atom. The molecule has 0 bridgehead atoms. The monoisotopic (exact) mass is 220 g/mol. The molecule has 0 aromatic heterocycles. The van der Waals surface area contributed by atoms with E-state index in [4.69, 9.17) is 0 Å². The number of benzene rings is 1. The molecule has 1 aromatic carbocycles. The zero-order valence-corrected chi connectivity index (χ0v) is 10.4. The molecule has 0 saturated carbocycles. The molecule has 1 saturated heterocycles. The third kappa shape index (κ3) is 1.76. The van der Waals surface area contributed by atoms with Crippen molar-refractivity contribution in [2.75, 3.05) is 20.1 Å².